The van der Waals surface area contributed by atoms with Crippen molar-refractivity contribution in [2.75, 3.05) is 13.1 Å². The molecule has 1 N–H and O–H groups in total. The Labute approximate surface area is 156 Å². The minimum absolute atomic E-state index is 0.0152. The molecule has 0 unspecified atom stereocenters. The number of carbonyl (C=O) groups is 1. The molecule has 5 nitrogen and oxygen atoms in total. The summed E-state index contributed by atoms with van der Waals surface area (Å²) in [6.45, 7) is 1.26. The van der Waals surface area contributed by atoms with Crippen LogP contribution < -0.4 is 5.32 Å². The molecule has 0 aromatic heterocycles. The minimum Gasteiger partial charge on any atom is -0.349 e. The van der Waals surface area contributed by atoms with Gasteiger partial charge in [-0.05, 0) is 61.6 Å². The Morgan fingerprint density at radius 2 is 1.77 bits per heavy atom. The van der Waals surface area contributed by atoms with E-state index >= 15 is 0 Å². The van der Waals surface area contributed by atoms with Crippen LogP contribution in [-0.4, -0.2) is 37.8 Å². The number of rotatable bonds is 5. The maximum Gasteiger partial charge on any atom is 0.251 e. The highest BCUT2D eigenvalue weighted by Gasteiger charge is 2.40. The zero-order chi connectivity index (χ0) is 18.1. The molecule has 3 aliphatic rings. The fraction of sp³-hybridized carbons (Fsp3) is 0.650. The molecular formula is C20H28N2O3S. The van der Waals surface area contributed by atoms with Gasteiger partial charge in [0.2, 0.25) is 10.0 Å². The molecule has 4 rings (SSSR count). The zero-order valence-corrected chi connectivity index (χ0v) is 16.0. The molecule has 2 aliphatic carbocycles. The Balaban J connectivity index is 1.36. The van der Waals surface area contributed by atoms with Gasteiger partial charge < -0.3 is 5.32 Å². The van der Waals surface area contributed by atoms with Crippen molar-refractivity contribution in [3.8, 4) is 0 Å². The first-order valence-electron chi connectivity index (χ1n) is 9.89. The maximum absolute atomic E-state index is 12.5. The number of hydrogen-bond donors (Lipinski definition) is 1. The Hall–Kier alpha value is -1.40. The van der Waals surface area contributed by atoms with Crippen LogP contribution in [0.3, 0.4) is 0 Å². The molecule has 1 saturated heterocycles. The average Bonchev–Trinajstić information content (AvgIpc) is 3.26. The molecule has 1 amide bonds. The summed E-state index contributed by atoms with van der Waals surface area (Å²) in [6, 6.07) is 7.38. The van der Waals surface area contributed by atoms with E-state index in [1.54, 1.807) is 28.6 Å². The number of piperidine rings is 1. The molecule has 0 spiro atoms. The van der Waals surface area contributed by atoms with Crippen LogP contribution >= 0.6 is 0 Å². The van der Waals surface area contributed by atoms with Crippen molar-refractivity contribution in [2.24, 2.45) is 11.8 Å². The van der Waals surface area contributed by atoms with Crippen molar-refractivity contribution in [3.63, 3.8) is 0 Å². The van der Waals surface area contributed by atoms with E-state index < -0.39 is 10.0 Å². The van der Waals surface area contributed by atoms with Crippen molar-refractivity contribution in [2.45, 2.75) is 56.7 Å². The standard InChI is InChI=1S/C20H28N2O3S/c23-20(21-19-13-16-6-9-18(19)12-16)17-7-4-15(5-8-17)14-26(24,25)22-10-2-1-3-11-22/h4-5,7-8,16,18-19H,1-3,6,9-14H2,(H,21,23)/t16-,18-,19+/m0/s1. The Morgan fingerprint density at radius 3 is 2.38 bits per heavy atom. The van der Waals surface area contributed by atoms with E-state index in [1.165, 1.54) is 19.3 Å². The van der Waals surface area contributed by atoms with Gasteiger partial charge in [0, 0.05) is 24.7 Å². The largest absolute Gasteiger partial charge is 0.349 e. The molecule has 3 fully saturated rings. The fourth-order valence-corrected chi connectivity index (χ4v) is 6.48. The highest BCUT2D eigenvalue weighted by molar-refractivity contribution is 7.88. The second-order valence-corrected chi connectivity index (χ2v) is 10.1. The topological polar surface area (TPSA) is 66.5 Å². The van der Waals surface area contributed by atoms with Crippen molar-refractivity contribution in [1.82, 2.24) is 9.62 Å². The lowest BCUT2D eigenvalue weighted by atomic mass is 9.95. The summed E-state index contributed by atoms with van der Waals surface area (Å²) in [5.74, 6) is 1.43. The van der Waals surface area contributed by atoms with Gasteiger partial charge in [-0.2, -0.15) is 0 Å². The zero-order valence-electron chi connectivity index (χ0n) is 15.2. The van der Waals surface area contributed by atoms with Crippen molar-refractivity contribution >= 4 is 15.9 Å². The quantitative estimate of drug-likeness (QED) is 0.859. The van der Waals surface area contributed by atoms with Gasteiger partial charge in [0.1, 0.15) is 0 Å². The Bertz CT molecular complexity index is 754. The third-order valence-electron chi connectivity index (χ3n) is 6.33. The highest BCUT2D eigenvalue weighted by Crippen LogP contribution is 2.44. The number of nitrogens with one attached hydrogen (secondary N) is 1. The lowest BCUT2D eigenvalue weighted by Gasteiger charge is -2.26. The van der Waals surface area contributed by atoms with Gasteiger partial charge in [-0.25, -0.2) is 12.7 Å². The van der Waals surface area contributed by atoms with Crippen LogP contribution in [-0.2, 0) is 15.8 Å². The van der Waals surface area contributed by atoms with Crippen molar-refractivity contribution < 1.29 is 13.2 Å². The molecule has 6 heteroatoms. The maximum atomic E-state index is 12.5. The van der Waals surface area contributed by atoms with Crippen LogP contribution in [0.15, 0.2) is 24.3 Å². The van der Waals surface area contributed by atoms with Gasteiger partial charge in [0.25, 0.3) is 5.91 Å². The smallest absolute Gasteiger partial charge is 0.251 e. The second-order valence-electron chi connectivity index (χ2n) is 8.17. The summed E-state index contributed by atoms with van der Waals surface area (Å²) in [5.41, 5.74) is 1.36. The lowest BCUT2D eigenvalue weighted by molar-refractivity contribution is 0.0923. The molecule has 2 saturated carbocycles. The number of fused-ring (bicyclic) bond motifs is 2. The minimum atomic E-state index is -3.26. The van der Waals surface area contributed by atoms with E-state index in [4.69, 9.17) is 0 Å². The molecule has 1 aromatic rings. The van der Waals surface area contributed by atoms with E-state index in [-0.39, 0.29) is 11.7 Å². The summed E-state index contributed by atoms with van der Waals surface area (Å²) in [6.07, 6.45) is 7.93. The molecule has 26 heavy (non-hydrogen) atoms. The number of carbonyl (C=O) groups excluding carboxylic acids is 1. The van der Waals surface area contributed by atoms with Crippen LogP contribution in [0.2, 0.25) is 0 Å². The van der Waals surface area contributed by atoms with E-state index in [1.807, 2.05) is 0 Å². The number of nitrogens with zero attached hydrogens (tertiary/aromatic N) is 1. The molecule has 1 aromatic carbocycles. The van der Waals surface area contributed by atoms with Crippen LogP contribution in [0.5, 0.6) is 0 Å². The third-order valence-corrected chi connectivity index (χ3v) is 8.18. The number of benzene rings is 1. The summed E-state index contributed by atoms with van der Waals surface area (Å²) >= 11 is 0. The Morgan fingerprint density at radius 1 is 1.04 bits per heavy atom. The van der Waals surface area contributed by atoms with E-state index in [0.29, 0.717) is 30.6 Å². The molecule has 2 bridgehead atoms. The number of sulfonamides is 1. The van der Waals surface area contributed by atoms with Crippen molar-refractivity contribution in [3.05, 3.63) is 35.4 Å². The van der Waals surface area contributed by atoms with E-state index in [2.05, 4.69) is 5.32 Å². The highest BCUT2D eigenvalue weighted by atomic mass is 32.2. The molecule has 0 radical (unpaired) electrons. The summed E-state index contributed by atoms with van der Waals surface area (Å²) < 4.78 is 26.7. The number of hydrogen-bond acceptors (Lipinski definition) is 3. The molecule has 142 valence electrons. The Kier molecular flexibility index (Phi) is 5.06. The van der Waals surface area contributed by atoms with Crippen LogP contribution in [0.1, 0.15) is 60.9 Å². The van der Waals surface area contributed by atoms with E-state index in [0.717, 1.165) is 37.2 Å². The van der Waals surface area contributed by atoms with Gasteiger partial charge >= 0.3 is 0 Å². The predicted octanol–water partition coefficient (Wildman–Crippen LogP) is 2.92. The van der Waals surface area contributed by atoms with Crippen LogP contribution in [0, 0.1) is 11.8 Å². The number of amides is 1. The molecule has 1 heterocycles. The average molecular weight is 377 g/mol. The lowest BCUT2D eigenvalue weighted by Crippen LogP contribution is -2.38. The second kappa shape index (κ2) is 7.31. The molecular weight excluding hydrogens is 348 g/mol. The van der Waals surface area contributed by atoms with Gasteiger partial charge in [-0.3, -0.25) is 4.79 Å². The van der Waals surface area contributed by atoms with E-state index in [9.17, 15) is 13.2 Å². The summed E-state index contributed by atoms with van der Waals surface area (Å²) in [7, 11) is -3.26. The molecule has 3 atom stereocenters. The van der Waals surface area contributed by atoms with Crippen LogP contribution in [0.25, 0.3) is 0 Å². The first kappa shape index (κ1) is 18.0. The van der Waals surface area contributed by atoms with Gasteiger partial charge in [0.15, 0.2) is 0 Å². The SMILES string of the molecule is O=C(N[C@@H]1C[C@H]2CC[C@H]1C2)c1ccc(CS(=O)(=O)N2CCCCC2)cc1. The van der Waals surface area contributed by atoms with Crippen molar-refractivity contribution in [1.29, 1.82) is 0 Å². The summed E-state index contributed by atoms with van der Waals surface area (Å²) in [5, 5.41) is 3.18. The third kappa shape index (κ3) is 3.81. The van der Waals surface area contributed by atoms with Gasteiger partial charge in [0.05, 0.1) is 5.75 Å². The van der Waals surface area contributed by atoms with Crippen LogP contribution in [0.4, 0.5) is 0 Å². The first-order chi connectivity index (χ1) is 12.5. The van der Waals surface area contributed by atoms with Gasteiger partial charge in [-0.15, -0.1) is 0 Å². The summed E-state index contributed by atoms with van der Waals surface area (Å²) in [4.78, 5) is 12.5. The predicted molar refractivity (Wildman–Crippen MR) is 101 cm³/mol. The molecule has 1 aliphatic heterocycles. The normalized spacial score (nSPS) is 29.0. The fourth-order valence-electron chi connectivity index (χ4n) is 4.87. The van der Waals surface area contributed by atoms with Gasteiger partial charge in [-0.1, -0.05) is 25.0 Å². The monoisotopic (exact) mass is 376 g/mol. The first-order valence-corrected chi connectivity index (χ1v) is 11.5.